The van der Waals surface area contributed by atoms with Gasteiger partial charge in [0.1, 0.15) is 12.8 Å². The highest BCUT2D eigenvalue weighted by molar-refractivity contribution is 6.03. The molecule has 0 aromatic heterocycles. The highest BCUT2D eigenvalue weighted by Crippen LogP contribution is 2.13. The Kier molecular flexibility index (Phi) is 1.82. The minimum absolute atomic E-state index is 0.274. The number of carbonyl (C=O) groups excluding carboxylic acids is 2. The molecule has 62 valence electrons. The zero-order valence-corrected chi connectivity index (χ0v) is 6.44. The summed E-state index contributed by atoms with van der Waals surface area (Å²) in [6.45, 7) is 1.18. The zero-order valence-electron chi connectivity index (χ0n) is 6.44. The van der Waals surface area contributed by atoms with Crippen molar-refractivity contribution >= 4 is 11.9 Å². The Morgan fingerprint density at radius 2 is 2.09 bits per heavy atom. The Balaban J connectivity index is 2.86. The van der Waals surface area contributed by atoms with Crippen molar-refractivity contribution in [1.29, 1.82) is 0 Å². The number of likely N-dealkylation sites (N-methyl/N-ethyl adjacent to an activating group) is 1. The number of amides is 3. The maximum Gasteiger partial charge on any atom is 0.329 e. The van der Waals surface area contributed by atoms with Gasteiger partial charge in [-0.3, -0.25) is 14.6 Å². The van der Waals surface area contributed by atoms with Crippen LogP contribution in [0.4, 0.5) is 4.79 Å². The number of hydrogen-bond acceptors (Lipinski definition) is 3. The molecule has 5 nitrogen and oxygen atoms in total. The number of rotatable bonds is 1. The lowest BCUT2D eigenvalue weighted by atomic mass is 10.3. The number of carbonyl (C=O) groups is 2. The molecule has 0 spiro atoms. The molecule has 1 aliphatic rings. The van der Waals surface area contributed by atoms with Gasteiger partial charge in [-0.25, -0.2) is 4.79 Å². The first kappa shape index (κ1) is 8.00. The van der Waals surface area contributed by atoms with Crippen molar-refractivity contribution in [2.45, 2.75) is 13.0 Å². The predicted octanol–water partition coefficient (Wildman–Crippen LogP) is -0.781. The summed E-state index contributed by atoms with van der Waals surface area (Å²) in [4.78, 5) is 24.2. The van der Waals surface area contributed by atoms with Crippen LogP contribution in [-0.4, -0.2) is 46.7 Å². The van der Waals surface area contributed by atoms with Crippen LogP contribution in [0, 0.1) is 0 Å². The van der Waals surface area contributed by atoms with E-state index in [1.165, 1.54) is 7.05 Å². The monoisotopic (exact) mass is 158 g/mol. The van der Waals surface area contributed by atoms with E-state index in [0.717, 1.165) is 9.80 Å². The first-order valence-corrected chi connectivity index (χ1v) is 3.28. The number of aliphatic hydroxyl groups is 1. The third kappa shape index (κ3) is 0.970. The van der Waals surface area contributed by atoms with E-state index in [1.807, 2.05) is 0 Å². The number of imide groups is 1. The molecule has 1 rings (SSSR count). The largest absolute Gasteiger partial charge is 0.376 e. The van der Waals surface area contributed by atoms with Gasteiger partial charge in [0.25, 0.3) is 5.91 Å². The van der Waals surface area contributed by atoms with Crippen LogP contribution in [-0.2, 0) is 4.79 Å². The van der Waals surface area contributed by atoms with E-state index in [1.54, 1.807) is 6.92 Å². The lowest BCUT2D eigenvalue weighted by Gasteiger charge is -2.13. The van der Waals surface area contributed by atoms with Crippen LogP contribution in [0.2, 0.25) is 0 Å². The van der Waals surface area contributed by atoms with E-state index in [9.17, 15) is 9.59 Å². The fourth-order valence-corrected chi connectivity index (χ4v) is 1.05. The summed E-state index contributed by atoms with van der Waals surface area (Å²) in [5.74, 6) is -0.274. The fraction of sp³-hybridized carbons (Fsp3) is 0.667. The van der Waals surface area contributed by atoms with Gasteiger partial charge in [-0.05, 0) is 6.92 Å². The second kappa shape index (κ2) is 2.50. The molecule has 1 unspecified atom stereocenters. The summed E-state index contributed by atoms with van der Waals surface area (Å²) in [7, 11) is 1.40. The Morgan fingerprint density at radius 1 is 1.55 bits per heavy atom. The molecule has 0 bridgehead atoms. The summed E-state index contributed by atoms with van der Waals surface area (Å²) in [6.07, 6.45) is 0. The molecule has 3 amide bonds. The van der Waals surface area contributed by atoms with Crippen LogP contribution < -0.4 is 0 Å². The summed E-state index contributed by atoms with van der Waals surface area (Å²) in [5, 5.41) is 8.67. The molecule has 1 saturated heterocycles. The fourth-order valence-electron chi connectivity index (χ4n) is 1.05. The average Bonchev–Trinajstić information content (AvgIpc) is 2.17. The minimum atomic E-state index is -0.530. The average molecular weight is 158 g/mol. The maximum absolute atomic E-state index is 11.0. The van der Waals surface area contributed by atoms with E-state index in [0.29, 0.717) is 0 Å². The van der Waals surface area contributed by atoms with Crippen LogP contribution in [0.5, 0.6) is 0 Å². The molecule has 0 aromatic rings. The standard InChI is InChI=1S/C6H10N2O3/c1-4-5(10)7(2)6(11)8(4)3-9/h4,9H,3H2,1-2H3. The lowest BCUT2D eigenvalue weighted by molar-refractivity contribution is -0.127. The van der Waals surface area contributed by atoms with E-state index < -0.39 is 18.8 Å². The van der Waals surface area contributed by atoms with Crippen molar-refractivity contribution in [3.8, 4) is 0 Å². The molecule has 1 fully saturated rings. The first-order valence-electron chi connectivity index (χ1n) is 3.28. The van der Waals surface area contributed by atoms with Gasteiger partial charge in [-0.2, -0.15) is 0 Å². The molecule has 0 saturated carbocycles. The van der Waals surface area contributed by atoms with E-state index in [2.05, 4.69) is 0 Å². The molecular weight excluding hydrogens is 148 g/mol. The Bertz CT molecular complexity index is 204. The van der Waals surface area contributed by atoms with Crippen LogP contribution >= 0.6 is 0 Å². The number of nitrogens with zero attached hydrogens (tertiary/aromatic N) is 2. The second-order valence-electron chi connectivity index (χ2n) is 2.47. The normalized spacial score (nSPS) is 25.2. The molecule has 0 aromatic carbocycles. The highest BCUT2D eigenvalue weighted by Gasteiger charge is 2.39. The Hall–Kier alpha value is -1.10. The maximum atomic E-state index is 11.0. The van der Waals surface area contributed by atoms with Gasteiger partial charge < -0.3 is 5.11 Å². The van der Waals surface area contributed by atoms with Gasteiger partial charge in [0.05, 0.1) is 0 Å². The van der Waals surface area contributed by atoms with Gasteiger partial charge >= 0.3 is 6.03 Å². The number of urea groups is 1. The quantitative estimate of drug-likeness (QED) is 0.509. The summed E-state index contributed by atoms with van der Waals surface area (Å²) in [5.41, 5.74) is 0. The smallest absolute Gasteiger partial charge is 0.329 e. The first-order chi connectivity index (χ1) is 5.09. The van der Waals surface area contributed by atoms with Gasteiger partial charge in [0, 0.05) is 7.05 Å². The topological polar surface area (TPSA) is 60.9 Å². The molecule has 0 aliphatic carbocycles. The third-order valence-electron chi connectivity index (χ3n) is 1.84. The van der Waals surface area contributed by atoms with Gasteiger partial charge in [-0.15, -0.1) is 0 Å². The van der Waals surface area contributed by atoms with Gasteiger partial charge in [0.15, 0.2) is 0 Å². The highest BCUT2D eigenvalue weighted by atomic mass is 16.3. The molecule has 1 N–H and O–H groups in total. The van der Waals surface area contributed by atoms with Gasteiger partial charge in [0.2, 0.25) is 0 Å². The number of aliphatic hydroxyl groups excluding tert-OH is 1. The predicted molar refractivity (Wildman–Crippen MR) is 36.6 cm³/mol. The molecule has 5 heteroatoms. The van der Waals surface area contributed by atoms with E-state index in [4.69, 9.17) is 5.11 Å². The van der Waals surface area contributed by atoms with E-state index in [-0.39, 0.29) is 5.91 Å². The Morgan fingerprint density at radius 3 is 2.27 bits per heavy atom. The van der Waals surface area contributed by atoms with E-state index >= 15 is 0 Å². The SMILES string of the molecule is CC1C(=O)N(C)C(=O)N1CO. The van der Waals surface area contributed by atoms with Crippen molar-refractivity contribution in [2.75, 3.05) is 13.8 Å². The summed E-state index contributed by atoms with van der Waals surface area (Å²) in [6, 6.07) is -0.970. The second-order valence-corrected chi connectivity index (χ2v) is 2.47. The molecule has 1 aliphatic heterocycles. The third-order valence-corrected chi connectivity index (χ3v) is 1.84. The molecule has 11 heavy (non-hydrogen) atoms. The van der Waals surface area contributed by atoms with Crippen molar-refractivity contribution in [1.82, 2.24) is 9.80 Å². The minimum Gasteiger partial charge on any atom is -0.376 e. The van der Waals surface area contributed by atoms with Crippen molar-refractivity contribution in [2.24, 2.45) is 0 Å². The molecule has 1 heterocycles. The van der Waals surface area contributed by atoms with Crippen molar-refractivity contribution < 1.29 is 14.7 Å². The lowest BCUT2D eigenvalue weighted by Crippen LogP contribution is -2.33. The van der Waals surface area contributed by atoms with Crippen LogP contribution in [0.25, 0.3) is 0 Å². The van der Waals surface area contributed by atoms with Crippen molar-refractivity contribution in [3.63, 3.8) is 0 Å². The summed E-state index contributed by atoms with van der Waals surface area (Å²) >= 11 is 0. The number of hydrogen-bond donors (Lipinski definition) is 1. The van der Waals surface area contributed by atoms with Crippen LogP contribution in [0.1, 0.15) is 6.92 Å². The molecule has 1 atom stereocenters. The van der Waals surface area contributed by atoms with Crippen LogP contribution in [0.15, 0.2) is 0 Å². The zero-order chi connectivity index (χ0) is 8.59. The van der Waals surface area contributed by atoms with Gasteiger partial charge in [-0.1, -0.05) is 0 Å². The molecule has 0 radical (unpaired) electrons. The Labute approximate surface area is 64.2 Å². The van der Waals surface area contributed by atoms with Crippen LogP contribution in [0.3, 0.4) is 0 Å². The molecular formula is C6H10N2O3. The summed E-state index contributed by atoms with van der Waals surface area (Å²) < 4.78 is 0. The van der Waals surface area contributed by atoms with Crippen molar-refractivity contribution in [3.05, 3.63) is 0 Å².